The fourth-order valence-corrected chi connectivity index (χ4v) is 9.48. The van der Waals surface area contributed by atoms with Gasteiger partial charge in [0.2, 0.25) is 0 Å². The van der Waals surface area contributed by atoms with Crippen LogP contribution >= 0.6 is 0 Å². The number of para-hydroxylation sites is 2. The number of furan rings is 1. The highest BCUT2D eigenvalue weighted by Gasteiger charge is 2.21. The Bertz CT molecular complexity index is 3620. The smallest absolute Gasteiger partial charge is 0.135 e. The van der Waals surface area contributed by atoms with Gasteiger partial charge in [-0.1, -0.05) is 200 Å². The molecule has 0 radical (unpaired) electrons. The first-order valence-electron chi connectivity index (χ1n) is 21.9. The van der Waals surface area contributed by atoms with Gasteiger partial charge in [-0.05, 0) is 114 Å². The third-order valence-electron chi connectivity index (χ3n) is 12.7. The number of rotatable bonds is 8. The van der Waals surface area contributed by atoms with Gasteiger partial charge in [0.15, 0.2) is 0 Å². The lowest BCUT2D eigenvalue weighted by atomic mass is 9.94. The topological polar surface area (TPSA) is 16.4 Å². The minimum atomic E-state index is 0.865. The Hall–Kier alpha value is -8.46. The van der Waals surface area contributed by atoms with Crippen LogP contribution in [0.25, 0.3) is 99.1 Å². The highest BCUT2D eigenvalue weighted by molar-refractivity contribution is 6.09. The molecule has 0 N–H and O–H groups in total. The summed E-state index contributed by atoms with van der Waals surface area (Å²) in [4.78, 5) is 2.44. The van der Waals surface area contributed by atoms with Crippen LogP contribution < -0.4 is 4.90 Å². The molecule has 2 nitrogen and oxygen atoms in total. The summed E-state index contributed by atoms with van der Waals surface area (Å²) in [7, 11) is 0. The van der Waals surface area contributed by atoms with E-state index in [0.717, 1.165) is 61.4 Å². The van der Waals surface area contributed by atoms with Crippen molar-refractivity contribution < 1.29 is 4.42 Å². The van der Waals surface area contributed by atoms with Crippen LogP contribution in [0, 0.1) is 0 Å². The van der Waals surface area contributed by atoms with E-state index in [4.69, 9.17) is 4.42 Å². The fraction of sp³-hybridized carbons (Fsp3) is 0. The quantitative estimate of drug-likeness (QED) is 0.142. The zero-order chi connectivity index (χ0) is 42.4. The molecule has 64 heavy (non-hydrogen) atoms. The molecule has 0 unspecified atom stereocenters. The van der Waals surface area contributed by atoms with Crippen molar-refractivity contribution in [2.75, 3.05) is 4.90 Å². The van der Waals surface area contributed by atoms with Crippen LogP contribution in [0.15, 0.2) is 253 Å². The summed E-state index contributed by atoms with van der Waals surface area (Å²) in [5.41, 5.74) is 14.6. The predicted molar refractivity (Wildman–Crippen MR) is 271 cm³/mol. The number of hydrogen-bond acceptors (Lipinski definition) is 2. The molecule has 0 spiro atoms. The third kappa shape index (κ3) is 6.70. The molecule has 0 saturated heterocycles. The second kappa shape index (κ2) is 15.8. The highest BCUT2D eigenvalue weighted by Crippen LogP contribution is 2.46. The maximum absolute atomic E-state index is 6.32. The predicted octanol–water partition coefficient (Wildman–Crippen LogP) is 17.7. The Kier molecular flexibility index (Phi) is 9.20. The van der Waals surface area contributed by atoms with Crippen molar-refractivity contribution in [3.05, 3.63) is 249 Å². The molecule has 0 aliphatic rings. The van der Waals surface area contributed by atoms with Crippen LogP contribution in [0.4, 0.5) is 17.1 Å². The normalized spacial score (nSPS) is 11.4. The first-order chi connectivity index (χ1) is 31.7. The van der Waals surface area contributed by atoms with Gasteiger partial charge in [-0.3, -0.25) is 0 Å². The highest BCUT2D eigenvalue weighted by atomic mass is 16.3. The van der Waals surface area contributed by atoms with E-state index < -0.39 is 0 Å². The van der Waals surface area contributed by atoms with E-state index >= 15 is 0 Å². The monoisotopic (exact) mass is 815 g/mol. The van der Waals surface area contributed by atoms with Gasteiger partial charge >= 0.3 is 0 Å². The minimum absolute atomic E-state index is 0.865. The van der Waals surface area contributed by atoms with Crippen LogP contribution in [-0.2, 0) is 0 Å². The number of anilines is 3. The second-order valence-electron chi connectivity index (χ2n) is 16.5. The second-order valence-corrected chi connectivity index (χ2v) is 16.5. The summed E-state index contributed by atoms with van der Waals surface area (Å²) in [6, 6.07) is 89.8. The zero-order valence-corrected chi connectivity index (χ0v) is 35.0. The van der Waals surface area contributed by atoms with Crippen molar-refractivity contribution in [1.82, 2.24) is 0 Å². The standard InChI is InChI=1S/C62H41NO/c1-2-13-42(14-3-1)43-25-27-46(28-26-43)56-20-9-10-23-59(56)63(52-34-31-44(32-35-52)47-33-36-54-49(39-47)30-29-45-15-4-6-19-53(45)54)60-38-37-55(57-21-7-8-22-58(57)60)48-17-12-18-50(40-48)62-41-51-16-5-11-24-61(51)64-62/h1-41H. The van der Waals surface area contributed by atoms with E-state index in [1.165, 1.54) is 54.7 Å². The van der Waals surface area contributed by atoms with E-state index in [-0.39, 0.29) is 0 Å². The van der Waals surface area contributed by atoms with Crippen molar-refractivity contribution in [2.24, 2.45) is 0 Å². The summed E-state index contributed by atoms with van der Waals surface area (Å²) in [5.74, 6) is 0.865. The van der Waals surface area contributed by atoms with Gasteiger partial charge in [0.05, 0.1) is 11.4 Å². The molecule has 0 saturated carbocycles. The average Bonchev–Trinajstić information content (AvgIpc) is 3.82. The molecule has 12 aromatic rings. The molecular weight excluding hydrogens is 775 g/mol. The third-order valence-corrected chi connectivity index (χ3v) is 12.7. The lowest BCUT2D eigenvalue weighted by Gasteiger charge is -2.30. The molecule has 0 amide bonds. The zero-order valence-electron chi connectivity index (χ0n) is 35.0. The van der Waals surface area contributed by atoms with Gasteiger partial charge in [0.1, 0.15) is 11.3 Å². The number of hydrogen-bond donors (Lipinski definition) is 0. The summed E-state index contributed by atoms with van der Waals surface area (Å²) in [5, 5.41) is 8.49. The number of fused-ring (bicyclic) bond motifs is 5. The summed E-state index contributed by atoms with van der Waals surface area (Å²) in [6.45, 7) is 0. The first-order valence-corrected chi connectivity index (χ1v) is 21.9. The molecule has 2 heteroatoms. The molecule has 0 aliphatic heterocycles. The van der Waals surface area contributed by atoms with Gasteiger partial charge < -0.3 is 9.32 Å². The molecule has 11 aromatic carbocycles. The molecule has 0 aliphatic carbocycles. The van der Waals surface area contributed by atoms with E-state index in [0.29, 0.717) is 0 Å². The molecule has 0 bridgehead atoms. The van der Waals surface area contributed by atoms with E-state index in [1.807, 2.05) is 12.1 Å². The number of nitrogens with zero attached hydrogens (tertiary/aromatic N) is 1. The summed E-state index contributed by atoms with van der Waals surface area (Å²) in [6.07, 6.45) is 0. The van der Waals surface area contributed by atoms with E-state index in [9.17, 15) is 0 Å². The van der Waals surface area contributed by atoms with E-state index in [1.54, 1.807) is 0 Å². The Morgan fingerprint density at radius 3 is 1.70 bits per heavy atom. The van der Waals surface area contributed by atoms with Crippen molar-refractivity contribution in [2.45, 2.75) is 0 Å². The lowest BCUT2D eigenvalue weighted by Crippen LogP contribution is -2.12. The minimum Gasteiger partial charge on any atom is -0.456 e. The van der Waals surface area contributed by atoms with Gasteiger partial charge in [-0.25, -0.2) is 0 Å². The van der Waals surface area contributed by atoms with Crippen molar-refractivity contribution in [1.29, 1.82) is 0 Å². The van der Waals surface area contributed by atoms with Gasteiger partial charge in [0, 0.05) is 27.6 Å². The Morgan fingerprint density at radius 1 is 0.266 bits per heavy atom. The van der Waals surface area contributed by atoms with Crippen LogP contribution in [0.3, 0.4) is 0 Å². The molecule has 0 atom stereocenters. The van der Waals surface area contributed by atoms with Crippen LogP contribution in [0.5, 0.6) is 0 Å². The average molecular weight is 816 g/mol. The van der Waals surface area contributed by atoms with Crippen molar-refractivity contribution in [3.8, 4) is 55.8 Å². The molecule has 12 rings (SSSR count). The summed E-state index contributed by atoms with van der Waals surface area (Å²) < 4.78 is 6.32. The van der Waals surface area contributed by atoms with E-state index in [2.05, 4.69) is 241 Å². The van der Waals surface area contributed by atoms with Gasteiger partial charge in [-0.15, -0.1) is 0 Å². The van der Waals surface area contributed by atoms with Gasteiger partial charge in [0.25, 0.3) is 0 Å². The number of benzene rings is 11. The van der Waals surface area contributed by atoms with Crippen LogP contribution in [0.2, 0.25) is 0 Å². The SMILES string of the molecule is c1ccc(-c2ccc(-c3ccccc3N(c3ccc(-c4ccc5c(ccc6ccccc65)c4)cc3)c3ccc(-c4cccc(-c5cc6ccccc6o5)c4)c4ccccc34)cc2)cc1. The van der Waals surface area contributed by atoms with Gasteiger partial charge in [-0.2, -0.15) is 0 Å². The summed E-state index contributed by atoms with van der Waals surface area (Å²) >= 11 is 0. The molecular formula is C62H41NO. The maximum atomic E-state index is 6.32. The maximum Gasteiger partial charge on any atom is 0.135 e. The molecule has 1 heterocycles. The van der Waals surface area contributed by atoms with Crippen LogP contribution in [0.1, 0.15) is 0 Å². The largest absolute Gasteiger partial charge is 0.456 e. The lowest BCUT2D eigenvalue weighted by molar-refractivity contribution is 0.631. The Labute approximate surface area is 372 Å². The first kappa shape index (κ1) is 37.3. The molecule has 1 aromatic heterocycles. The molecule has 0 fully saturated rings. The Morgan fingerprint density at radius 2 is 0.859 bits per heavy atom. The molecule has 300 valence electrons. The van der Waals surface area contributed by atoms with Crippen LogP contribution in [-0.4, -0.2) is 0 Å². The van der Waals surface area contributed by atoms with Crippen molar-refractivity contribution >= 4 is 60.3 Å². The van der Waals surface area contributed by atoms with Crippen molar-refractivity contribution in [3.63, 3.8) is 0 Å². The fourth-order valence-electron chi connectivity index (χ4n) is 9.48. The Balaban J connectivity index is 0.991.